The Morgan fingerprint density at radius 1 is 1.17 bits per heavy atom. The summed E-state index contributed by atoms with van der Waals surface area (Å²) in [5, 5.41) is 6.08. The highest BCUT2D eigenvalue weighted by atomic mass is 16.2. The molecule has 1 aliphatic carbocycles. The van der Waals surface area contributed by atoms with Crippen LogP contribution >= 0.6 is 0 Å². The fraction of sp³-hybridized carbons (Fsp3) is 0.556. The number of hydrogen-bond donors (Lipinski definition) is 2. The fourth-order valence-electron chi connectivity index (χ4n) is 3.03. The first-order valence-electron chi connectivity index (χ1n) is 8.49. The number of carbonyl (C=O) groups excluding carboxylic acids is 2. The molecular formula is C18H25N3O2. The van der Waals surface area contributed by atoms with Gasteiger partial charge in [-0.25, -0.2) is 0 Å². The molecule has 0 atom stereocenters. The van der Waals surface area contributed by atoms with Crippen LogP contribution in [-0.2, 0) is 9.59 Å². The normalized spacial score (nSPS) is 19.3. The minimum Gasteiger partial charge on any atom is -0.353 e. The molecule has 5 nitrogen and oxygen atoms in total. The van der Waals surface area contributed by atoms with Gasteiger partial charge in [0, 0.05) is 30.7 Å². The van der Waals surface area contributed by atoms with Crippen LogP contribution in [0, 0.1) is 12.8 Å². The molecule has 2 N–H and O–H groups in total. The van der Waals surface area contributed by atoms with E-state index in [9.17, 15) is 9.59 Å². The summed E-state index contributed by atoms with van der Waals surface area (Å²) in [6.07, 6.45) is 3.94. The lowest BCUT2D eigenvalue weighted by molar-refractivity contribution is -0.123. The van der Waals surface area contributed by atoms with Gasteiger partial charge in [-0.1, -0.05) is 12.1 Å². The first-order chi connectivity index (χ1) is 11.1. The molecule has 0 unspecified atom stereocenters. The van der Waals surface area contributed by atoms with Gasteiger partial charge in [-0.2, -0.15) is 0 Å². The van der Waals surface area contributed by atoms with Crippen LogP contribution < -0.4 is 10.6 Å². The van der Waals surface area contributed by atoms with E-state index in [1.54, 1.807) is 0 Å². The van der Waals surface area contributed by atoms with Gasteiger partial charge in [-0.15, -0.1) is 0 Å². The first-order valence-corrected chi connectivity index (χ1v) is 8.49. The van der Waals surface area contributed by atoms with Gasteiger partial charge in [0.05, 0.1) is 6.54 Å². The molecule has 124 valence electrons. The summed E-state index contributed by atoms with van der Waals surface area (Å²) in [7, 11) is 0. The van der Waals surface area contributed by atoms with Gasteiger partial charge in [-0.05, 0) is 50.3 Å². The Hall–Kier alpha value is -1.88. The predicted molar refractivity (Wildman–Crippen MR) is 90.1 cm³/mol. The average Bonchev–Trinajstić information content (AvgIpc) is 3.34. The minimum atomic E-state index is 0.0241. The van der Waals surface area contributed by atoms with Crippen molar-refractivity contribution in [2.24, 2.45) is 5.92 Å². The molecule has 0 aromatic heterocycles. The van der Waals surface area contributed by atoms with E-state index in [2.05, 4.69) is 15.5 Å². The summed E-state index contributed by atoms with van der Waals surface area (Å²) in [5.41, 5.74) is 1.98. The van der Waals surface area contributed by atoms with Gasteiger partial charge in [0.1, 0.15) is 0 Å². The van der Waals surface area contributed by atoms with E-state index in [0.29, 0.717) is 6.54 Å². The van der Waals surface area contributed by atoms with E-state index >= 15 is 0 Å². The molecular weight excluding hydrogens is 290 g/mol. The number of rotatable bonds is 5. The molecule has 0 bridgehead atoms. The largest absolute Gasteiger partial charge is 0.353 e. The molecule has 1 aromatic carbocycles. The Balaban J connectivity index is 1.39. The van der Waals surface area contributed by atoms with Crippen LogP contribution in [0.25, 0.3) is 0 Å². The van der Waals surface area contributed by atoms with Gasteiger partial charge < -0.3 is 10.6 Å². The van der Waals surface area contributed by atoms with E-state index in [-0.39, 0.29) is 23.8 Å². The van der Waals surface area contributed by atoms with Gasteiger partial charge in [0.15, 0.2) is 0 Å². The van der Waals surface area contributed by atoms with Gasteiger partial charge >= 0.3 is 0 Å². The third kappa shape index (κ3) is 4.79. The summed E-state index contributed by atoms with van der Waals surface area (Å²) in [4.78, 5) is 26.1. The number of aryl methyl sites for hydroxylation is 1. The maximum Gasteiger partial charge on any atom is 0.238 e. The molecule has 0 radical (unpaired) electrons. The Morgan fingerprint density at radius 3 is 2.57 bits per heavy atom. The molecule has 5 heteroatoms. The maximum absolute atomic E-state index is 12.1. The predicted octanol–water partition coefficient (Wildman–Crippen LogP) is 1.92. The summed E-state index contributed by atoms with van der Waals surface area (Å²) >= 11 is 0. The molecule has 2 fully saturated rings. The van der Waals surface area contributed by atoms with Crippen molar-refractivity contribution in [3.8, 4) is 0 Å². The number of carbonyl (C=O) groups is 2. The zero-order valence-electron chi connectivity index (χ0n) is 13.7. The summed E-state index contributed by atoms with van der Waals surface area (Å²) in [5.74, 6) is 0.518. The summed E-state index contributed by atoms with van der Waals surface area (Å²) in [6, 6.07) is 8.11. The lowest BCUT2D eigenvalue weighted by Gasteiger charge is -2.31. The molecule has 0 spiro atoms. The number of nitrogens with zero attached hydrogens (tertiary/aromatic N) is 1. The SMILES string of the molecule is Cc1cccc(NC(=O)CN2CCC(NC(=O)C3CC3)CC2)c1. The van der Waals surface area contributed by atoms with Crippen molar-refractivity contribution < 1.29 is 9.59 Å². The summed E-state index contributed by atoms with van der Waals surface area (Å²) in [6.45, 7) is 4.14. The molecule has 1 aromatic rings. The van der Waals surface area contributed by atoms with Crippen molar-refractivity contribution in [3.05, 3.63) is 29.8 Å². The fourth-order valence-corrected chi connectivity index (χ4v) is 3.03. The van der Waals surface area contributed by atoms with Crippen molar-refractivity contribution in [1.29, 1.82) is 0 Å². The van der Waals surface area contributed by atoms with Crippen LogP contribution in [0.4, 0.5) is 5.69 Å². The first kappa shape index (κ1) is 16.0. The number of likely N-dealkylation sites (tertiary alicyclic amines) is 1. The monoisotopic (exact) mass is 315 g/mol. The standard InChI is InChI=1S/C18H25N3O2/c1-13-3-2-4-16(11-13)19-17(22)12-21-9-7-15(8-10-21)20-18(23)14-5-6-14/h2-4,11,14-15H,5-10,12H2,1H3,(H,19,22)(H,20,23). The van der Waals surface area contributed by atoms with Gasteiger partial charge in [0.2, 0.25) is 11.8 Å². The van der Waals surface area contributed by atoms with Crippen LogP contribution in [0.3, 0.4) is 0 Å². The van der Waals surface area contributed by atoms with Gasteiger partial charge in [0.25, 0.3) is 0 Å². The van der Waals surface area contributed by atoms with Crippen LogP contribution in [0.15, 0.2) is 24.3 Å². The Kier molecular flexibility index (Phi) is 4.96. The highest BCUT2D eigenvalue weighted by molar-refractivity contribution is 5.92. The maximum atomic E-state index is 12.1. The van der Waals surface area contributed by atoms with E-state index in [0.717, 1.165) is 50.0 Å². The van der Waals surface area contributed by atoms with Crippen molar-refractivity contribution in [2.75, 3.05) is 25.0 Å². The second-order valence-electron chi connectivity index (χ2n) is 6.75. The zero-order valence-corrected chi connectivity index (χ0v) is 13.7. The molecule has 1 saturated carbocycles. The number of anilines is 1. The molecule has 1 heterocycles. The van der Waals surface area contributed by atoms with Crippen LogP contribution in [0.1, 0.15) is 31.2 Å². The molecule has 1 aliphatic heterocycles. The molecule has 3 rings (SSSR count). The highest BCUT2D eigenvalue weighted by Crippen LogP contribution is 2.29. The quantitative estimate of drug-likeness (QED) is 0.873. The zero-order chi connectivity index (χ0) is 16.2. The Labute approximate surface area is 137 Å². The minimum absolute atomic E-state index is 0.0241. The number of nitrogens with one attached hydrogen (secondary N) is 2. The Bertz CT molecular complexity index is 575. The molecule has 2 amide bonds. The highest BCUT2D eigenvalue weighted by Gasteiger charge is 2.31. The smallest absolute Gasteiger partial charge is 0.238 e. The van der Waals surface area contributed by atoms with E-state index in [1.165, 1.54) is 0 Å². The lowest BCUT2D eigenvalue weighted by Crippen LogP contribution is -2.46. The van der Waals surface area contributed by atoms with E-state index in [1.807, 2.05) is 31.2 Å². The number of hydrogen-bond acceptors (Lipinski definition) is 3. The third-order valence-electron chi connectivity index (χ3n) is 4.55. The number of amides is 2. The van der Waals surface area contributed by atoms with Gasteiger partial charge in [-0.3, -0.25) is 14.5 Å². The third-order valence-corrected chi connectivity index (χ3v) is 4.55. The van der Waals surface area contributed by atoms with Crippen LogP contribution in [-0.4, -0.2) is 42.4 Å². The van der Waals surface area contributed by atoms with E-state index in [4.69, 9.17) is 0 Å². The van der Waals surface area contributed by atoms with Crippen molar-refractivity contribution >= 4 is 17.5 Å². The second kappa shape index (κ2) is 7.13. The van der Waals surface area contributed by atoms with Crippen LogP contribution in [0.2, 0.25) is 0 Å². The van der Waals surface area contributed by atoms with Crippen molar-refractivity contribution in [3.63, 3.8) is 0 Å². The Morgan fingerprint density at radius 2 is 1.91 bits per heavy atom. The lowest BCUT2D eigenvalue weighted by atomic mass is 10.0. The van der Waals surface area contributed by atoms with Crippen molar-refractivity contribution in [1.82, 2.24) is 10.2 Å². The molecule has 2 aliphatic rings. The topological polar surface area (TPSA) is 61.4 Å². The average molecular weight is 315 g/mol. The summed E-state index contributed by atoms with van der Waals surface area (Å²) < 4.78 is 0. The van der Waals surface area contributed by atoms with E-state index < -0.39 is 0 Å². The number of piperidine rings is 1. The van der Waals surface area contributed by atoms with Crippen LogP contribution in [0.5, 0.6) is 0 Å². The molecule has 23 heavy (non-hydrogen) atoms. The second-order valence-corrected chi connectivity index (χ2v) is 6.75. The number of benzene rings is 1. The molecule has 1 saturated heterocycles. The van der Waals surface area contributed by atoms with Crippen molar-refractivity contribution in [2.45, 2.75) is 38.6 Å².